The molecule has 2 saturated carbocycles. The molecule has 4 aliphatic rings. The van der Waals surface area contributed by atoms with Crippen LogP contribution in [0.4, 0.5) is 4.79 Å². The van der Waals surface area contributed by atoms with Gasteiger partial charge in [-0.25, -0.2) is 18.2 Å². The van der Waals surface area contributed by atoms with Crippen LogP contribution < -0.4 is 24.8 Å². The predicted octanol–water partition coefficient (Wildman–Crippen LogP) is 4.71. The lowest BCUT2D eigenvalue weighted by atomic mass is 9.83. The molecular formula is C41H55N5O9S. The normalized spacial score (nSPS) is 24.2. The van der Waals surface area contributed by atoms with Crippen LogP contribution in [0.5, 0.6) is 11.6 Å². The van der Waals surface area contributed by atoms with Gasteiger partial charge in [0.2, 0.25) is 27.7 Å². The number of hydrogen-bond acceptors (Lipinski definition) is 10. The molecular weight excluding hydrogens is 739 g/mol. The smallest absolute Gasteiger partial charge is 0.407 e. The highest BCUT2D eigenvalue weighted by molar-refractivity contribution is 7.90. The quantitative estimate of drug-likeness (QED) is 0.285. The first-order valence-corrected chi connectivity index (χ1v) is 21.2. The van der Waals surface area contributed by atoms with Gasteiger partial charge in [0.15, 0.2) is 0 Å². The van der Waals surface area contributed by atoms with Gasteiger partial charge in [0.25, 0.3) is 5.91 Å². The summed E-state index contributed by atoms with van der Waals surface area (Å²) >= 11 is 0. The molecule has 4 bridgehead atoms. The highest BCUT2D eigenvalue weighted by Crippen LogP contribution is 2.36. The summed E-state index contributed by atoms with van der Waals surface area (Å²) in [4.78, 5) is 62.2. The Labute approximate surface area is 329 Å². The Bertz CT molecular complexity index is 1930. The number of sulfonamides is 1. The maximum atomic E-state index is 14.8. The van der Waals surface area contributed by atoms with E-state index in [1.807, 2.05) is 32.0 Å². The largest absolute Gasteiger partial charge is 0.496 e. The molecule has 3 fully saturated rings. The minimum absolute atomic E-state index is 0.0236. The van der Waals surface area contributed by atoms with E-state index in [9.17, 15) is 27.6 Å². The first kappa shape index (κ1) is 41.0. The van der Waals surface area contributed by atoms with Crippen molar-refractivity contribution in [3.63, 3.8) is 0 Å². The van der Waals surface area contributed by atoms with Crippen molar-refractivity contribution in [3.05, 3.63) is 55.3 Å². The summed E-state index contributed by atoms with van der Waals surface area (Å²) in [6, 6.07) is 2.27. The van der Waals surface area contributed by atoms with Crippen molar-refractivity contribution in [2.24, 2.45) is 17.3 Å². The first-order valence-electron chi connectivity index (χ1n) is 19.7. The lowest BCUT2D eigenvalue weighted by Gasteiger charge is -2.35. The molecule has 4 atom stereocenters. The SMILES string of the molecule is C=CC(C=C)C(NC(=O)[C@@H]1C[C@@H]2CN1C(=O)[C@H](C1CCCCC1)NC(=O)OCC(C)(C)CCCc1cc3c(nccc3cc1OC)O2)C(=O)NS(=O)(=O)C1CC1. The second-order valence-corrected chi connectivity index (χ2v) is 18.3. The fourth-order valence-corrected chi connectivity index (χ4v) is 9.47. The van der Waals surface area contributed by atoms with E-state index in [0.717, 1.165) is 54.2 Å². The summed E-state index contributed by atoms with van der Waals surface area (Å²) in [5.41, 5.74) is 0.588. The van der Waals surface area contributed by atoms with Gasteiger partial charge < -0.3 is 29.7 Å². The van der Waals surface area contributed by atoms with Crippen LogP contribution in [0, 0.1) is 17.3 Å². The molecule has 1 aromatic heterocycles. The van der Waals surface area contributed by atoms with Crippen molar-refractivity contribution < 1.29 is 41.8 Å². The van der Waals surface area contributed by atoms with E-state index in [0.29, 0.717) is 38.0 Å². The van der Waals surface area contributed by atoms with Crippen molar-refractivity contribution in [1.29, 1.82) is 0 Å². The van der Waals surface area contributed by atoms with Gasteiger partial charge in [0.1, 0.15) is 30.0 Å². The Kier molecular flexibility index (Phi) is 12.6. The summed E-state index contributed by atoms with van der Waals surface area (Å²) in [7, 11) is -2.32. The maximum Gasteiger partial charge on any atom is 0.407 e. The van der Waals surface area contributed by atoms with Crippen molar-refractivity contribution in [3.8, 4) is 11.6 Å². The summed E-state index contributed by atoms with van der Waals surface area (Å²) in [5.74, 6) is -2.09. The fourth-order valence-electron chi connectivity index (χ4n) is 8.14. The molecule has 3 N–H and O–H groups in total. The Morgan fingerprint density at radius 2 is 1.82 bits per heavy atom. The number of pyridine rings is 1. The summed E-state index contributed by atoms with van der Waals surface area (Å²) in [6.45, 7) is 11.7. The molecule has 2 aliphatic heterocycles. The number of aromatic nitrogens is 1. The van der Waals surface area contributed by atoms with E-state index < -0.39 is 69.2 Å². The minimum atomic E-state index is -3.95. The maximum absolute atomic E-state index is 14.8. The van der Waals surface area contributed by atoms with Gasteiger partial charge in [0, 0.05) is 23.9 Å². The van der Waals surface area contributed by atoms with E-state index in [1.54, 1.807) is 13.3 Å². The van der Waals surface area contributed by atoms with Crippen molar-refractivity contribution >= 4 is 44.6 Å². The third kappa shape index (κ3) is 9.47. The molecule has 14 nitrogen and oxygen atoms in total. The molecule has 1 saturated heterocycles. The van der Waals surface area contributed by atoms with E-state index in [-0.39, 0.29) is 30.9 Å². The molecule has 3 heterocycles. The number of cyclic esters (lactones) is 1. The predicted molar refractivity (Wildman–Crippen MR) is 210 cm³/mol. The third-order valence-corrected chi connectivity index (χ3v) is 13.4. The van der Waals surface area contributed by atoms with Crippen LogP contribution in [0.2, 0.25) is 0 Å². The Morgan fingerprint density at radius 1 is 1.09 bits per heavy atom. The zero-order valence-electron chi connectivity index (χ0n) is 32.6. The molecule has 2 aliphatic carbocycles. The average molecular weight is 794 g/mol. The Hall–Kier alpha value is -4.66. The van der Waals surface area contributed by atoms with E-state index in [2.05, 4.69) is 33.5 Å². The number of rotatable bonds is 10. The molecule has 2 aromatic rings. The van der Waals surface area contributed by atoms with Crippen LogP contribution in [-0.4, -0.2) is 91.9 Å². The van der Waals surface area contributed by atoms with Gasteiger partial charge in [0.05, 0.1) is 25.5 Å². The molecule has 4 amide bonds. The van der Waals surface area contributed by atoms with Gasteiger partial charge in [-0.15, -0.1) is 13.2 Å². The molecule has 15 heteroatoms. The second kappa shape index (κ2) is 17.2. The van der Waals surface area contributed by atoms with Gasteiger partial charge >= 0.3 is 6.09 Å². The lowest BCUT2D eigenvalue weighted by Crippen LogP contribution is -2.59. The number of carbonyl (C=O) groups excluding carboxylic acids is 4. The average Bonchev–Trinajstić information content (AvgIpc) is 3.96. The number of aryl methyl sites for hydroxylation is 1. The number of amides is 4. The highest BCUT2D eigenvalue weighted by atomic mass is 32.2. The lowest BCUT2D eigenvalue weighted by molar-refractivity contribution is -0.142. The zero-order valence-corrected chi connectivity index (χ0v) is 33.4. The zero-order chi connectivity index (χ0) is 40.2. The second-order valence-electron chi connectivity index (χ2n) is 16.3. The monoisotopic (exact) mass is 793 g/mol. The summed E-state index contributed by atoms with van der Waals surface area (Å²) < 4.78 is 45.8. The van der Waals surface area contributed by atoms with Crippen LogP contribution in [-0.2, 0) is 35.6 Å². The first-order chi connectivity index (χ1) is 26.7. The number of carbonyl (C=O) groups is 4. The number of nitrogens with one attached hydrogen (secondary N) is 3. The molecule has 0 spiro atoms. The number of hydrogen-bond donors (Lipinski definition) is 3. The van der Waals surface area contributed by atoms with Crippen LogP contribution in [0.3, 0.4) is 0 Å². The van der Waals surface area contributed by atoms with Gasteiger partial charge in [-0.1, -0.05) is 45.3 Å². The Morgan fingerprint density at radius 3 is 2.50 bits per heavy atom. The topological polar surface area (TPSA) is 182 Å². The van der Waals surface area contributed by atoms with Crippen LogP contribution in [0.1, 0.15) is 83.6 Å². The highest BCUT2D eigenvalue weighted by Gasteiger charge is 2.47. The number of ether oxygens (including phenoxy) is 3. The number of benzene rings is 1. The molecule has 6 rings (SSSR count). The minimum Gasteiger partial charge on any atom is -0.496 e. The molecule has 304 valence electrons. The Balaban J connectivity index is 1.37. The van der Waals surface area contributed by atoms with E-state index >= 15 is 0 Å². The molecule has 56 heavy (non-hydrogen) atoms. The van der Waals surface area contributed by atoms with E-state index in [1.165, 1.54) is 17.1 Å². The van der Waals surface area contributed by atoms with Crippen LogP contribution in [0.15, 0.2) is 49.7 Å². The third-order valence-electron chi connectivity index (χ3n) is 11.5. The standard InChI is InChI=1S/C41H55N5O9S/c1-6-25(7-2)34(37(48)45-56(51,52)30-15-16-30)43-36(47)32-22-29-23-46(32)39(49)35(26-12-9-8-10-13-26)44-40(50)54-24-41(3,4)18-11-14-28-20-31-27(21-33(28)53-5)17-19-42-38(31)55-29/h6-7,17,19-21,25-26,29-30,32,34-35H,1-2,8-16,18,22-24H2,3-5H3,(H,43,47)(H,44,50)(H,45,48)/t29-,32+,34?,35+/m1/s1. The number of alkyl carbamates (subject to hydrolysis) is 1. The van der Waals surface area contributed by atoms with E-state index in [4.69, 9.17) is 14.2 Å². The summed E-state index contributed by atoms with van der Waals surface area (Å²) in [6.07, 6.45) is 10.3. The van der Waals surface area contributed by atoms with Crippen molar-refractivity contribution in [1.82, 2.24) is 25.2 Å². The molecule has 1 unspecified atom stereocenters. The number of methoxy groups -OCH3 is 1. The van der Waals surface area contributed by atoms with Gasteiger partial charge in [-0.05, 0) is 85.4 Å². The molecule has 0 radical (unpaired) electrons. The van der Waals surface area contributed by atoms with Crippen molar-refractivity contribution in [2.45, 2.75) is 114 Å². The van der Waals surface area contributed by atoms with Crippen molar-refractivity contribution in [2.75, 3.05) is 20.3 Å². The number of nitrogens with zero attached hydrogens (tertiary/aromatic N) is 2. The fraction of sp³-hybridized carbons (Fsp3) is 0.585. The van der Waals surface area contributed by atoms with Crippen LogP contribution in [0.25, 0.3) is 10.8 Å². The van der Waals surface area contributed by atoms with Crippen LogP contribution >= 0.6 is 0 Å². The van der Waals surface area contributed by atoms with Gasteiger partial charge in [-0.2, -0.15) is 0 Å². The van der Waals surface area contributed by atoms with Gasteiger partial charge in [-0.3, -0.25) is 19.1 Å². The number of fused-ring (bicyclic) bond motifs is 3. The molecule has 1 aromatic carbocycles. The summed E-state index contributed by atoms with van der Waals surface area (Å²) in [5, 5.41) is 6.53.